The first-order valence-corrected chi connectivity index (χ1v) is 11.8. The predicted octanol–water partition coefficient (Wildman–Crippen LogP) is 2.16. The van der Waals surface area contributed by atoms with Crippen molar-refractivity contribution < 1.29 is 13.2 Å². The van der Waals surface area contributed by atoms with Crippen molar-refractivity contribution in [2.24, 2.45) is 16.6 Å². The Morgan fingerprint density at radius 3 is 2.69 bits per heavy atom. The first-order chi connectivity index (χ1) is 13.4. The van der Waals surface area contributed by atoms with E-state index in [1.54, 1.807) is 0 Å². The van der Waals surface area contributed by atoms with Gasteiger partial charge in [0.1, 0.15) is 0 Å². The second-order valence-electron chi connectivity index (χ2n) is 7.29. The molecule has 1 atom stereocenters. The number of aliphatic imine (C=N–C) groups is 1. The van der Waals surface area contributed by atoms with Crippen LogP contribution in [0.4, 0.5) is 0 Å². The predicted molar refractivity (Wildman–Crippen MR) is 128 cm³/mol. The lowest BCUT2D eigenvalue weighted by atomic mass is 9.95. The van der Waals surface area contributed by atoms with Gasteiger partial charge >= 0.3 is 0 Å². The Morgan fingerprint density at radius 2 is 2.03 bits per heavy atom. The molecule has 0 aliphatic carbocycles. The molecule has 3 N–H and O–H groups in total. The zero-order chi connectivity index (χ0) is 20.4. The molecule has 1 saturated heterocycles. The fourth-order valence-electron chi connectivity index (χ4n) is 3.50. The zero-order valence-corrected chi connectivity index (χ0v) is 20.2. The van der Waals surface area contributed by atoms with Crippen molar-refractivity contribution in [2.45, 2.75) is 38.4 Å². The molecule has 0 spiro atoms. The van der Waals surface area contributed by atoms with Crippen molar-refractivity contribution in [3.05, 3.63) is 35.9 Å². The van der Waals surface area contributed by atoms with Gasteiger partial charge in [0.25, 0.3) is 0 Å². The smallest absolute Gasteiger partial charge is 0.217 e. The molecule has 1 aromatic rings. The second-order valence-corrected chi connectivity index (χ2v) is 9.48. The third-order valence-corrected chi connectivity index (χ3v) is 6.43. The normalized spacial score (nSPS) is 17.5. The van der Waals surface area contributed by atoms with E-state index in [9.17, 15) is 13.2 Å². The standard InChI is InChI=1S/C20H32N4O3S.HI/c1-2-22-20(24-12-6-10-18(15-24)14-19(21)25)23-11-7-13-28(26,27)16-17-8-4-3-5-9-17;/h3-5,8-9,18H,2,6-7,10-16H2,1H3,(H2,21,25)(H,22,23);1H. The number of likely N-dealkylation sites (tertiary alicyclic amines) is 1. The van der Waals surface area contributed by atoms with E-state index in [0.29, 0.717) is 19.4 Å². The van der Waals surface area contributed by atoms with Gasteiger partial charge in [-0.3, -0.25) is 9.79 Å². The van der Waals surface area contributed by atoms with Crippen molar-refractivity contribution in [1.29, 1.82) is 0 Å². The average Bonchev–Trinajstić information content (AvgIpc) is 2.64. The van der Waals surface area contributed by atoms with Crippen molar-refractivity contribution in [3.63, 3.8) is 0 Å². The highest BCUT2D eigenvalue weighted by Crippen LogP contribution is 2.19. The molecular weight excluding hydrogens is 503 g/mol. The number of nitrogens with two attached hydrogens (primary N) is 1. The van der Waals surface area contributed by atoms with Crippen LogP contribution in [0.1, 0.15) is 38.2 Å². The van der Waals surface area contributed by atoms with E-state index >= 15 is 0 Å². The number of primary amides is 1. The van der Waals surface area contributed by atoms with Gasteiger partial charge in [0.15, 0.2) is 15.8 Å². The highest BCUT2D eigenvalue weighted by molar-refractivity contribution is 14.0. The summed E-state index contributed by atoms with van der Waals surface area (Å²) in [6, 6.07) is 9.24. The Balaban J connectivity index is 0.00000420. The second kappa shape index (κ2) is 13.0. The van der Waals surface area contributed by atoms with Gasteiger partial charge in [0.05, 0.1) is 11.5 Å². The molecule has 0 bridgehead atoms. The first-order valence-electron chi connectivity index (χ1n) is 9.95. The van der Waals surface area contributed by atoms with E-state index < -0.39 is 9.84 Å². The van der Waals surface area contributed by atoms with Crippen molar-refractivity contribution in [2.75, 3.05) is 31.9 Å². The van der Waals surface area contributed by atoms with Crippen LogP contribution in [0.2, 0.25) is 0 Å². The quantitative estimate of drug-likeness (QED) is 0.218. The molecule has 0 aromatic heterocycles. The Labute approximate surface area is 191 Å². The summed E-state index contributed by atoms with van der Waals surface area (Å²) in [6.45, 7) is 4.83. The van der Waals surface area contributed by atoms with Crippen LogP contribution >= 0.6 is 24.0 Å². The van der Waals surface area contributed by atoms with Gasteiger partial charge in [0.2, 0.25) is 5.91 Å². The number of rotatable bonds is 9. The molecule has 2 rings (SSSR count). The first kappa shape index (κ1) is 25.7. The summed E-state index contributed by atoms with van der Waals surface area (Å²) in [6.07, 6.45) is 2.88. The largest absolute Gasteiger partial charge is 0.370 e. The number of nitrogens with zero attached hydrogens (tertiary/aromatic N) is 2. The van der Waals surface area contributed by atoms with Crippen LogP contribution in [0, 0.1) is 5.92 Å². The van der Waals surface area contributed by atoms with E-state index in [1.165, 1.54) is 0 Å². The summed E-state index contributed by atoms with van der Waals surface area (Å²) in [5, 5.41) is 3.27. The monoisotopic (exact) mass is 536 g/mol. The molecule has 1 aliphatic heterocycles. The van der Waals surface area contributed by atoms with Crippen LogP contribution in [0.15, 0.2) is 35.3 Å². The molecule has 7 nitrogen and oxygen atoms in total. The number of piperidine rings is 1. The Hall–Kier alpha value is -1.36. The molecule has 0 radical (unpaired) electrons. The van der Waals surface area contributed by atoms with E-state index in [2.05, 4.69) is 15.2 Å². The van der Waals surface area contributed by atoms with Crippen LogP contribution in [0.5, 0.6) is 0 Å². The van der Waals surface area contributed by atoms with Crippen LogP contribution in [0.3, 0.4) is 0 Å². The number of sulfone groups is 1. The van der Waals surface area contributed by atoms with Gasteiger partial charge in [-0.15, -0.1) is 24.0 Å². The van der Waals surface area contributed by atoms with Crippen LogP contribution in [-0.2, 0) is 20.4 Å². The van der Waals surface area contributed by atoms with Gasteiger partial charge < -0.3 is 16.0 Å². The highest BCUT2D eigenvalue weighted by atomic mass is 127. The van der Waals surface area contributed by atoms with E-state index in [0.717, 1.165) is 44.0 Å². The summed E-state index contributed by atoms with van der Waals surface area (Å²) in [5.74, 6) is 0.962. The van der Waals surface area contributed by atoms with E-state index in [-0.39, 0.29) is 47.3 Å². The molecule has 1 fully saturated rings. The topological polar surface area (TPSA) is 105 Å². The molecule has 1 amide bonds. The maximum Gasteiger partial charge on any atom is 0.217 e. The lowest BCUT2D eigenvalue weighted by Gasteiger charge is -2.34. The molecule has 1 unspecified atom stereocenters. The maximum atomic E-state index is 12.3. The molecule has 29 heavy (non-hydrogen) atoms. The Bertz CT molecular complexity index is 756. The zero-order valence-electron chi connectivity index (χ0n) is 17.0. The van der Waals surface area contributed by atoms with Gasteiger partial charge in [-0.05, 0) is 37.7 Å². The molecule has 1 aromatic carbocycles. The van der Waals surface area contributed by atoms with Gasteiger partial charge in [-0.2, -0.15) is 0 Å². The minimum Gasteiger partial charge on any atom is -0.370 e. The minimum absolute atomic E-state index is 0. The molecule has 1 aliphatic rings. The summed E-state index contributed by atoms with van der Waals surface area (Å²) >= 11 is 0. The number of nitrogens with one attached hydrogen (secondary N) is 1. The Morgan fingerprint density at radius 1 is 1.31 bits per heavy atom. The number of amides is 1. The summed E-state index contributed by atoms with van der Waals surface area (Å²) < 4.78 is 24.6. The summed E-state index contributed by atoms with van der Waals surface area (Å²) in [7, 11) is -3.15. The fraction of sp³-hybridized carbons (Fsp3) is 0.600. The number of hydrogen-bond donors (Lipinski definition) is 2. The number of hydrogen-bond acceptors (Lipinski definition) is 4. The van der Waals surface area contributed by atoms with Crippen molar-refractivity contribution in [3.8, 4) is 0 Å². The van der Waals surface area contributed by atoms with Gasteiger partial charge in [0, 0.05) is 32.6 Å². The highest BCUT2D eigenvalue weighted by Gasteiger charge is 2.23. The third kappa shape index (κ3) is 9.79. The maximum absolute atomic E-state index is 12.3. The Kier molecular flexibility index (Phi) is 11.6. The number of benzene rings is 1. The molecule has 0 saturated carbocycles. The summed E-state index contributed by atoms with van der Waals surface area (Å²) in [5.41, 5.74) is 6.15. The fourth-order valence-corrected chi connectivity index (χ4v) is 4.92. The molecular formula is C20H33IN4O3S. The van der Waals surface area contributed by atoms with Gasteiger partial charge in [-0.1, -0.05) is 30.3 Å². The number of guanidine groups is 1. The van der Waals surface area contributed by atoms with Crippen molar-refractivity contribution >= 4 is 45.7 Å². The lowest BCUT2D eigenvalue weighted by Crippen LogP contribution is -2.47. The SMILES string of the molecule is CCNC(=NCCCS(=O)(=O)Cc1ccccc1)N1CCCC(CC(N)=O)C1.I. The summed E-state index contributed by atoms with van der Waals surface area (Å²) in [4.78, 5) is 18.0. The van der Waals surface area contributed by atoms with Crippen molar-refractivity contribution in [1.82, 2.24) is 10.2 Å². The third-order valence-electron chi connectivity index (χ3n) is 4.75. The lowest BCUT2D eigenvalue weighted by molar-refractivity contribution is -0.119. The van der Waals surface area contributed by atoms with Crippen LogP contribution in [-0.4, -0.2) is 57.1 Å². The molecule has 164 valence electrons. The number of carbonyl (C=O) groups excluding carboxylic acids is 1. The van der Waals surface area contributed by atoms with Crippen LogP contribution in [0.25, 0.3) is 0 Å². The van der Waals surface area contributed by atoms with Crippen LogP contribution < -0.4 is 11.1 Å². The van der Waals surface area contributed by atoms with Gasteiger partial charge in [-0.25, -0.2) is 8.42 Å². The van der Waals surface area contributed by atoms with E-state index in [4.69, 9.17) is 5.73 Å². The minimum atomic E-state index is -3.15. The van der Waals surface area contributed by atoms with E-state index in [1.807, 2.05) is 37.3 Å². The molecule has 1 heterocycles. The number of carbonyl (C=O) groups is 1. The number of halogens is 1. The average molecular weight is 536 g/mol. The molecule has 9 heteroatoms.